The highest BCUT2D eigenvalue weighted by Gasteiger charge is 2.09. The Labute approximate surface area is 194 Å². The molecular weight excluding hydrogens is 440 g/mol. The van der Waals surface area contributed by atoms with Gasteiger partial charge in [-0.3, -0.25) is 0 Å². The van der Waals surface area contributed by atoms with Crippen LogP contribution in [-0.2, 0) is 0 Å². The molecule has 0 unspecified atom stereocenters. The van der Waals surface area contributed by atoms with Gasteiger partial charge in [0.25, 0.3) is 0 Å². The first-order valence-corrected chi connectivity index (χ1v) is 10.2. The molecule has 0 amide bonds. The highest BCUT2D eigenvalue weighted by atomic mass is 19.2. The van der Waals surface area contributed by atoms with Gasteiger partial charge in [0, 0.05) is 22.1 Å². The fraction of sp³-hybridized carbons (Fsp3) is 0.0345. The molecule has 0 bridgehead atoms. The summed E-state index contributed by atoms with van der Waals surface area (Å²) in [5.41, 5.74) is 0.820. The molecule has 4 rings (SSSR count). The van der Waals surface area contributed by atoms with E-state index in [4.69, 9.17) is 4.74 Å². The van der Waals surface area contributed by atoms with Crippen LogP contribution in [0.5, 0.6) is 5.75 Å². The molecule has 4 aromatic rings. The van der Waals surface area contributed by atoms with Crippen molar-refractivity contribution in [2.75, 3.05) is 6.61 Å². The van der Waals surface area contributed by atoms with Gasteiger partial charge in [0.1, 0.15) is 24.0 Å². The highest BCUT2D eigenvalue weighted by Crippen LogP contribution is 2.22. The van der Waals surface area contributed by atoms with E-state index in [2.05, 4.69) is 30.3 Å². The Morgan fingerprint density at radius 1 is 0.676 bits per heavy atom. The SMILES string of the molecule is C=CCOc1ccc(C#Cc2cc(F)c(C#Cc3ccc4c(F)c(F)ccc4c3)c(F)c2)cc1. The maximum atomic E-state index is 14.5. The van der Waals surface area contributed by atoms with E-state index >= 15 is 0 Å². The third kappa shape index (κ3) is 5.11. The Hall–Kier alpha value is -4.48. The van der Waals surface area contributed by atoms with E-state index in [-0.39, 0.29) is 10.9 Å². The fourth-order valence-corrected chi connectivity index (χ4v) is 3.18. The van der Waals surface area contributed by atoms with Crippen LogP contribution in [-0.4, -0.2) is 6.61 Å². The molecule has 0 N–H and O–H groups in total. The van der Waals surface area contributed by atoms with Gasteiger partial charge in [0.2, 0.25) is 0 Å². The van der Waals surface area contributed by atoms with Gasteiger partial charge in [-0.25, -0.2) is 17.6 Å². The van der Waals surface area contributed by atoms with Gasteiger partial charge >= 0.3 is 0 Å². The molecule has 1 nitrogen and oxygen atoms in total. The molecule has 0 fully saturated rings. The lowest BCUT2D eigenvalue weighted by atomic mass is 10.1. The summed E-state index contributed by atoms with van der Waals surface area (Å²) < 4.78 is 61.6. The van der Waals surface area contributed by atoms with Crippen LogP contribution in [0.1, 0.15) is 22.3 Å². The van der Waals surface area contributed by atoms with Crippen LogP contribution >= 0.6 is 0 Å². The molecule has 0 aliphatic carbocycles. The van der Waals surface area contributed by atoms with Crippen LogP contribution in [0.25, 0.3) is 10.8 Å². The molecule has 0 saturated heterocycles. The highest BCUT2D eigenvalue weighted by molar-refractivity contribution is 5.84. The smallest absolute Gasteiger partial charge is 0.166 e. The van der Waals surface area contributed by atoms with Crippen LogP contribution in [0.15, 0.2) is 79.4 Å². The van der Waals surface area contributed by atoms with E-state index in [0.29, 0.717) is 28.9 Å². The second kappa shape index (κ2) is 9.98. The average Bonchev–Trinajstić information content (AvgIpc) is 2.84. The molecule has 0 aliphatic heterocycles. The second-order valence-corrected chi connectivity index (χ2v) is 7.24. The van der Waals surface area contributed by atoms with E-state index in [9.17, 15) is 17.6 Å². The van der Waals surface area contributed by atoms with Crippen molar-refractivity contribution in [1.82, 2.24) is 0 Å². The number of hydrogen-bond acceptors (Lipinski definition) is 1. The third-order valence-corrected chi connectivity index (χ3v) is 4.85. The van der Waals surface area contributed by atoms with Crippen LogP contribution in [0, 0.1) is 47.0 Å². The fourth-order valence-electron chi connectivity index (χ4n) is 3.18. The molecule has 0 atom stereocenters. The lowest BCUT2D eigenvalue weighted by molar-refractivity contribution is 0.363. The summed E-state index contributed by atoms with van der Waals surface area (Å²) in [4.78, 5) is 0. The van der Waals surface area contributed by atoms with E-state index in [1.165, 1.54) is 24.3 Å². The molecule has 166 valence electrons. The topological polar surface area (TPSA) is 9.23 Å². The van der Waals surface area contributed by atoms with Gasteiger partial charge in [0.05, 0.1) is 5.56 Å². The molecule has 0 spiro atoms. The van der Waals surface area contributed by atoms with E-state index in [1.54, 1.807) is 30.3 Å². The first-order chi connectivity index (χ1) is 16.4. The summed E-state index contributed by atoms with van der Waals surface area (Å²) in [7, 11) is 0. The van der Waals surface area contributed by atoms with Crippen molar-refractivity contribution in [3.8, 4) is 29.4 Å². The summed E-state index contributed by atoms with van der Waals surface area (Å²) in [6.07, 6.45) is 1.63. The zero-order valence-electron chi connectivity index (χ0n) is 17.8. The van der Waals surface area contributed by atoms with Gasteiger partial charge < -0.3 is 4.74 Å². The maximum absolute atomic E-state index is 14.5. The van der Waals surface area contributed by atoms with Crippen molar-refractivity contribution in [2.24, 2.45) is 0 Å². The minimum absolute atomic E-state index is 0.102. The second-order valence-electron chi connectivity index (χ2n) is 7.24. The van der Waals surface area contributed by atoms with E-state index in [0.717, 1.165) is 18.2 Å². The van der Waals surface area contributed by atoms with Gasteiger partial charge in [-0.2, -0.15) is 0 Å². The molecule has 0 aromatic heterocycles. The number of benzene rings is 4. The van der Waals surface area contributed by atoms with Crippen LogP contribution in [0.4, 0.5) is 17.6 Å². The van der Waals surface area contributed by atoms with E-state index < -0.39 is 28.8 Å². The van der Waals surface area contributed by atoms with Crippen molar-refractivity contribution in [2.45, 2.75) is 0 Å². The monoisotopic (exact) mass is 456 g/mol. The van der Waals surface area contributed by atoms with Crippen molar-refractivity contribution >= 4 is 10.8 Å². The van der Waals surface area contributed by atoms with Gasteiger partial charge in [0.15, 0.2) is 11.6 Å². The Bertz CT molecular complexity index is 1490. The van der Waals surface area contributed by atoms with Crippen molar-refractivity contribution in [3.05, 3.63) is 125 Å². The molecule has 0 radical (unpaired) electrons. The standard InChI is InChI=1S/C29H16F4O/c1-2-15-34-23-10-5-19(6-11-23)3-4-21-17-27(31)25(28(32)18-21)13-8-20-7-12-24-22(16-20)9-14-26(30)29(24)33/h2,5-7,9-12,14,16-18H,1,15H2. The molecule has 4 aromatic carbocycles. The normalized spacial score (nSPS) is 10.1. The average molecular weight is 456 g/mol. The maximum Gasteiger partial charge on any atom is 0.166 e. The zero-order valence-corrected chi connectivity index (χ0v) is 17.8. The summed E-state index contributed by atoms with van der Waals surface area (Å²) in [6.45, 7) is 3.97. The molecule has 0 saturated carbocycles. The predicted octanol–water partition coefficient (Wildman–Crippen LogP) is 6.76. The molecule has 0 heterocycles. The third-order valence-electron chi connectivity index (χ3n) is 4.85. The quantitative estimate of drug-likeness (QED) is 0.188. The molecule has 5 heteroatoms. The number of fused-ring (bicyclic) bond motifs is 1. The number of ether oxygens (including phenoxy) is 1. The lowest BCUT2D eigenvalue weighted by Crippen LogP contribution is -1.93. The number of hydrogen-bond donors (Lipinski definition) is 0. The number of rotatable bonds is 3. The summed E-state index contributed by atoms with van der Waals surface area (Å²) >= 11 is 0. The van der Waals surface area contributed by atoms with Crippen LogP contribution in [0.2, 0.25) is 0 Å². The van der Waals surface area contributed by atoms with Gasteiger partial charge in [-0.05, 0) is 60.0 Å². The van der Waals surface area contributed by atoms with Gasteiger partial charge in [-0.15, -0.1) is 0 Å². The number of halogens is 4. The first kappa shape index (κ1) is 22.7. The van der Waals surface area contributed by atoms with Gasteiger partial charge in [-0.1, -0.05) is 48.5 Å². The predicted molar refractivity (Wildman–Crippen MR) is 124 cm³/mol. The largest absolute Gasteiger partial charge is 0.490 e. The summed E-state index contributed by atoms with van der Waals surface area (Å²) in [5, 5.41) is 0.530. The van der Waals surface area contributed by atoms with Crippen LogP contribution in [0.3, 0.4) is 0 Å². The van der Waals surface area contributed by atoms with E-state index in [1.807, 2.05) is 0 Å². The summed E-state index contributed by atoms with van der Waals surface area (Å²) in [5.74, 6) is 7.78. The Balaban J connectivity index is 1.56. The molecular formula is C29H16F4O. The van der Waals surface area contributed by atoms with Crippen LogP contribution < -0.4 is 4.74 Å². The van der Waals surface area contributed by atoms with Crippen molar-refractivity contribution in [1.29, 1.82) is 0 Å². The minimum Gasteiger partial charge on any atom is -0.490 e. The lowest BCUT2D eigenvalue weighted by Gasteiger charge is -2.02. The first-order valence-electron chi connectivity index (χ1n) is 10.2. The minimum atomic E-state index is -0.956. The zero-order chi connectivity index (χ0) is 24.1. The summed E-state index contributed by atoms with van der Waals surface area (Å²) in [6, 6.07) is 16.0. The molecule has 34 heavy (non-hydrogen) atoms. The van der Waals surface area contributed by atoms with Crippen molar-refractivity contribution in [3.63, 3.8) is 0 Å². The Morgan fingerprint density at radius 2 is 1.32 bits per heavy atom. The van der Waals surface area contributed by atoms with Crippen molar-refractivity contribution < 1.29 is 22.3 Å². The Kier molecular flexibility index (Phi) is 6.67. The molecule has 0 aliphatic rings. The Morgan fingerprint density at radius 3 is 2.03 bits per heavy atom.